The maximum Gasteiger partial charge on any atom is 0.242 e. The van der Waals surface area contributed by atoms with Crippen LogP contribution < -0.4 is 5.32 Å². The monoisotopic (exact) mass is 387 g/mol. The van der Waals surface area contributed by atoms with Crippen LogP contribution in [0.3, 0.4) is 0 Å². The van der Waals surface area contributed by atoms with Crippen LogP contribution in [-0.2, 0) is 29.2 Å². The first kappa shape index (κ1) is 20.0. The van der Waals surface area contributed by atoms with Crippen molar-refractivity contribution in [2.24, 2.45) is 0 Å². The molecule has 1 aromatic carbocycles. The molecular weight excluding hydrogens is 361 g/mol. The van der Waals surface area contributed by atoms with Gasteiger partial charge in [-0.1, -0.05) is 12.1 Å². The lowest BCUT2D eigenvalue weighted by atomic mass is 10.1. The van der Waals surface area contributed by atoms with Gasteiger partial charge in [-0.25, -0.2) is 4.39 Å². The molecule has 0 saturated carbocycles. The van der Waals surface area contributed by atoms with E-state index in [9.17, 15) is 14.0 Å². The fraction of sp³-hybridized carbons (Fsp3) is 0.450. The molecule has 28 heavy (non-hydrogen) atoms. The van der Waals surface area contributed by atoms with Gasteiger partial charge in [0.2, 0.25) is 11.8 Å². The Hall–Kier alpha value is -2.74. The quantitative estimate of drug-likeness (QED) is 0.848. The molecule has 0 radical (unpaired) electrons. The van der Waals surface area contributed by atoms with E-state index in [-0.39, 0.29) is 24.2 Å². The third-order valence-corrected chi connectivity index (χ3v) is 4.88. The third kappa shape index (κ3) is 4.56. The summed E-state index contributed by atoms with van der Waals surface area (Å²) in [7, 11) is 3.56. The van der Waals surface area contributed by atoms with Gasteiger partial charge in [0.05, 0.1) is 24.5 Å². The van der Waals surface area contributed by atoms with Crippen LogP contribution in [0.25, 0.3) is 0 Å². The molecule has 8 heteroatoms. The number of aromatic nitrogens is 2. The summed E-state index contributed by atoms with van der Waals surface area (Å²) in [6.07, 6.45) is 0.850. The Kier molecular flexibility index (Phi) is 6.08. The fourth-order valence-electron chi connectivity index (χ4n) is 3.51. The Morgan fingerprint density at radius 3 is 2.75 bits per heavy atom. The SMILES string of the molecule is CC(=O)N1CCCn2nc(CNC(=O)[C@@H](c3cccc(F)c3)N(C)C)cc2C1. The molecule has 1 aliphatic heterocycles. The zero-order valence-corrected chi connectivity index (χ0v) is 16.5. The van der Waals surface area contributed by atoms with E-state index >= 15 is 0 Å². The number of benzene rings is 1. The van der Waals surface area contributed by atoms with Gasteiger partial charge in [-0.15, -0.1) is 0 Å². The largest absolute Gasteiger partial charge is 0.349 e. The molecule has 150 valence electrons. The Morgan fingerprint density at radius 1 is 1.29 bits per heavy atom. The van der Waals surface area contributed by atoms with Gasteiger partial charge in [-0.05, 0) is 44.3 Å². The molecule has 1 aliphatic rings. The van der Waals surface area contributed by atoms with Crippen LogP contribution in [0.5, 0.6) is 0 Å². The van der Waals surface area contributed by atoms with Crippen molar-refractivity contribution in [3.8, 4) is 0 Å². The maximum atomic E-state index is 13.6. The standard InChI is InChI=1S/C20H26FN5O2/c1-14(27)25-8-5-9-26-18(13-25)11-17(23-26)12-22-20(28)19(24(2)3)15-6-4-7-16(21)10-15/h4,6-7,10-11,19H,5,8-9,12-13H2,1-3H3,(H,22,28)/t19-/m1/s1. The minimum absolute atomic E-state index is 0.0495. The highest BCUT2D eigenvalue weighted by atomic mass is 19.1. The van der Waals surface area contributed by atoms with E-state index in [0.717, 1.165) is 30.9 Å². The molecule has 7 nitrogen and oxygen atoms in total. The molecule has 0 spiro atoms. The van der Waals surface area contributed by atoms with Crippen molar-refractivity contribution in [3.05, 3.63) is 53.1 Å². The topological polar surface area (TPSA) is 70.5 Å². The van der Waals surface area contributed by atoms with Crippen LogP contribution in [0.15, 0.2) is 30.3 Å². The zero-order valence-electron chi connectivity index (χ0n) is 16.5. The van der Waals surface area contributed by atoms with Crippen molar-refractivity contribution in [1.82, 2.24) is 24.9 Å². The second-order valence-corrected chi connectivity index (χ2v) is 7.28. The van der Waals surface area contributed by atoms with Gasteiger partial charge in [0.15, 0.2) is 0 Å². The van der Waals surface area contributed by atoms with Crippen molar-refractivity contribution in [2.45, 2.75) is 39.0 Å². The highest BCUT2D eigenvalue weighted by molar-refractivity contribution is 5.83. The van der Waals surface area contributed by atoms with Gasteiger partial charge in [-0.2, -0.15) is 5.10 Å². The molecule has 2 amide bonds. The number of fused-ring (bicyclic) bond motifs is 1. The fourth-order valence-corrected chi connectivity index (χ4v) is 3.51. The number of nitrogens with one attached hydrogen (secondary N) is 1. The Bertz CT molecular complexity index is 864. The number of rotatable bonds is 5. The van der Waals surface area contributed by atoms with Crippen LogP contribution >= 0.6 is 0 Å². The molecule has 2 aromatic rings. The van der Waals surface area contributed by atoms with E-state index < -0.39 is 6.04 Å². The van der Waals surface area contributed by atoms with E-state index in [1.807, 2.05) is 10.7 Å². The van der Waals surface area contributed by atoms with Gasteiger partial charge < -0.3 is 10.2 Å². The van der Waals surface area contributed by atoms with Crippen LogP contribution in [0.4, 0.5) is 4.39 Å². The number of nitrogens with zero attached hydrogens (tertiary/aromatic N) is 4. The second-order valence-electron chi connectivity index (χ2n) is 7.28. The van der Waals surface area contributed by atoms with Gasteiger partial charge in [-0.3, -0.25) is 19.2 Å². The highest BCUT2D eigenvalue weighted by Crippen LogP contribution is 2.20. The number of carbonyl (C=O) groups excluding carboxylic acids is 2. The van der Waals surface area contributed by atoms with Crippen LogP contribution in [-0.4, -0.2) is 52.0 Å². The summed E-state index contributed by atoms with van der Waals surface area (Å²) in [4.78, 5) is 28.0. The summed E-state index contributed by atoms with van der Waals surface area (Å²) in [5.74, 6) is -0.539. The molecule has 3 rings (SSSR count). The molecule has 0 unspecified atom stereocenters. The predicted octanol–water partition coefficient (Wildman–Crippen LogP) is 1.69. The lowest BCUT2D eigenvalue weighted by Crippen LogP contribution is -2.36. The number of aryl methyl sites for hydroxylation is 1. The average Bonchev–Trinajstić information content (AvgIpc) is 2.89. The summed E-state index contributed by atoms with van der Waals surface area (Å²) >= 11 is 0. The summed E-state index contributed by atoms with van der Waals surface area (Å²) in [5, 5.41) is 7.46. The molecular formula is C20H26FN5O2. The van der Waals surface area contributed by atoms with Crippen molar-refractivity contribution in [3.63, 3.8) is 0 Å². The van der Waals surface area contributed by atoms with E-state index in [1.165, 1.54) is 12.1 Å². The summed E-state index contributed by atoms with van der Waals surface area (Å²) in [6, 6.07) is 7.40. The Balaban J connectivity index is 1.69. The van der Waals surface area contributed by atoms with Crippen LogP contribution in [0.2, 0.25) is 0 Å². The van der Waals surface area contributed by atoms with Gasteiger partial charge in [0.25, 0.3) is 0 Å². The number of hydrogen-bond donors (Lipinski definition) is 1. The molecule has 1 atom stereocenters. The van der Waals surface area contributed by atoms with Gasteiger partial charge >= 0.3 is 0 Å². The second kappa shape index (κ2) is 8.52. The summed E-state index contributed by atoms with van der Waals surface area (Å²) in [5.41, 5.74) is 2.30. The van der Waals surface area contributed by atoms with E-state index in [1.54, 1.807) is 43.0 Å². The predicted molar refractivity (Wildman–Crippen MR) is 103 cm³/mol. The molecule has 0 fully saturated rings. The number of hydrogen-bond acceptors (Lipinski definition) is 4. The van der Waals surface area contributed by atoms with Gasteiger partial charge in [0.1, 0.15) is 11.9 Å². The summed E-state index contributed by atoms with van der Waals surface area (Å²) in [6.45, 7) is 3.85. The van der Waals surface area contributed by atoms with Gasteiger partial charge in [0, 0.05) is 20.0 Å². The minimum Gasteiger partial charge on any atom is -0.349 e. The van der Waals surface area contributed by atoms with Crippen molar-refractivity contribution in [1.29, 1.82) is 0 Å². The molecule has 0 saturated heterocycles. The van der Waals surface area contributed by atoms with Crippen molar-refractivity contribution < 1.29 is 14.0 Å². The molecule has 1 aromatic heterocycles. The van der Waals surface area contributed by atoms with E-state index in [4.69, 9.17) is 0 Å². The maximum absolute atomic E-state index is 13.6. The molecule has 0 bridgehead atoms. The van der Waals surface area contributed by atoms with E-state index in [0.29, 0.717) is 12.1 Å². The zero-order chi connectivity index (χ0) is 20.3. The Labute approximate surface area is 164 Å². The first-order chi connectivity index (χ1) is 13.3. The lowest BCUT2D eigenvalue weighted by molar-refractivity contribution is -0.129. The van der Waals surface area contributed by atoms with Crippen molar-refractivity contribution in [2.75, 3.05) is 20.6 Å². The summed E-state index contributed by atoms with van der Waals surface area (Å²) < 4.78 is 15.5. The Morgan fingerprint density at radius 2 is 2.07 bits per heavy atom. The number of halogens is 1. The first-order valence-corrected chi connectivity index (χ1v) is 9.36. The van der Waals surface area contributed by atoms with E-state index in [2.05, 4.69) is 10.4 Å². The lowest BCUT2D eigenvalue weighted by Gasteiger charge is -2.23. The number of likely N-dealkylation sites (N-methyl/N-ethyl adjacent to an activating group) is 1. The van der Waals surface area contributed by atoms with Crippen LogP contribution in [0.1, 0.15) is 36.3 Å². The molecule has 0 aliphatic carbocycles. The number of carbonyl (C=O) groups is 2. The first-order valence-electron chi connectivity index (χ1n) is 9.36. The van der Waals surface area contributed by atoms with Crippen molar-refractivity contribution >= 4 is 11.8 Å². The smallest absolute Gasteiger partial charge is 0.242 e. The molecule has 1 N–H and O–H groups in total. The highest BCUT2D eigenvalue weighted by Gasteiger charge is 2.24. The average molecular weight is 387 g/mol. The normalized spacial score (nSPS) is 15.1. The minimum atomic E-state index is -0.593. The molecule has 2 heterocycles. The third-order valence-electron chi connectivity index (χ3n) is 4.88. The number of amides is 2. The van der Waals surface area contributed by atoms with Crippen LogP contribution in [0, 0.1) is 5.82 Å².